The van der Waals surface area contributed by atoms with Crippen LogP contribution in [0.2, 0.25) is 0 Å². The van der Waals surface area contributed by atoms with Crippen LogP contribution in [-0.4, -0.2) is 70.7 Å². The fraction of sp³-hybridized carbons (Fsp3) is 0.500. The lowest BCUT2D eigenvalue weighted by Crippen LogP contribution is -2.45. The molecule has 0 amide bonds. The van der Waals surface area contributed by atoms with Crippen molar-refractivity contribution in [1.29, 1.82) is 0 Å². The predicted molar refractivity (Wildman–Crippen MR) is 125 cm³/mol. The number of aromatic amines is 1. The molecule has 0 bridgehead atoms. The Kier molecular flexibility index (Phi) is 5.54. The first-order valence-electron chi connectivity index (χ1n) is 11.5. The number of hydrogen-bond donors (Lipinski definition) is 1. The summed E-state index contributed by atoms with van der Waals surface area (Å²) in [5, 5.41) is 1.33. The number of benzene rings is 1. The molecule has 164 valence electrons. The van der Waals surface area contributed by atoms with Gasteiger partial charge in [0.2, 0.25) is 5.95 Å². The van der Waals surface area contributed by atoms with Gasteiger partial charge in [-0.1, -0.05) is 18.2 Å². The Balaban J connectivity index is 1.34. The topological polar surface area (TPSA) is 60.4 Å². The van der Waals surface area contributed by atoms with Crippen LogP contribution in [0.3, 0.4) is 0 Å². The highest BCUT2D eigenvalue weighted by molar-refractivity contribution is 5.83. The monoisotopic (exact) mass is 420 g/mol. The van der Waals surface area contributed by atoms with Crippen molar-refractivity contribution in [1.82, 2.24) is 24.3 Å². The van der Waals surface area contributed by atoms with Crippen molar-refractivity contribution >= 4 is 16.9 Å². The van der Waals surface area contributed by atoms with Crippen LogP contribution < -0.4 is 10.5 Å². The molecule has 7 nitrogen and oxygen atoms in total. The number of nitrogens with one attached hydrogen (secondary N) is 1. The number of rotatable bonds is 4. The molecule has 1 fully saturated rings. The molecule has 2 aliphatic heterocycles. The van der Waals surface area contributed by atoms with Gasteiger partial charge in [0, 0.05) is 81.4 Å². The lowest BCUT2D eigenvalue weighted by atomic mass is 10.1. The lowest BCUT2D eigenvalue weighted by molar-refractivity contribution is 0.279. The SMILES string of the molecule is CCn1cc(CN2CCc3nc(N4CCN(C)CC4)[nH]c(=O)c3CC2)c2ccccc21. The highest BCUT2D eigenvalue weighted by atomic mass is 16.1. The third-order valence-corrected chi connectivity index (χ3v) is 6.84. The van der Waals surface area contributed by atoms with Gasteiger partial charge in [0.15, 0.2) is 0 Å². The number of para-hydroxylation sites is 1. The smallest absolute Gasteiger partial charge is 0.255 e. The average molecular weight is 421 g/mol. The zero-order valence-corrected chi connectivity index (χ0v) is 18.6. The Bertz CT molecular complexity index is 1120. The molecule has 2 aromatic heterocycles. The minimum absolute atomic E-state index is 0.0448. The van der Waals surface area contributed by atoms with E-state index in [0.29, 0.717) is 0 Å². The number of H-pyrrole nitrogens is 1. The number of aromatic nitrogens is 3. The molecule has 0 radical (unpaired) electrons. The molecule has 1 N–H and O–H groups in total. The van der Waals surface area contributed by atoms with Gasteiger partial charge in [0.05, 0.1) is 5.69 Å². The largest absolute Gasteiger partial charge is 0.347 e. The predicted octanol–water partition coefficient (Wildman–Crippen LogP) is 2.10. The molecular formula is C24H32N6O. The van der Waals surface area contributed by atoms with Crippen molar-refractivity contribution in [2.24, 2.45) is 0 Å². The first-order valence-corrected chi connectivity index (χ1v) is 11.5. The number of likely N-dealkylation sites (N-methyl/N-ethyl adjacent to an activating group) is 1. The quantitative estimate of drug-likeness (QED) is 0.701. The molecule has 0 aliphatic carbocycles. The van der Waals surface area contributed by atoms with Crippen LogP contribution in [0.1, 0.15) is 23.7 Å². The lowest BCUT2D eigenvalue weighted by Gasteiger charge is -2.32. The van der Waals surface area contributed by atoms with Crippen LogP contribution in [0.4, 0.5) is 5.95 Å². The van der Waals surface area contributed by atoms with Gasteiger partial charge in [-0.25, -0.2) is 4.98 Å². The molecule has 2 aliphatic rings. The van der Waals surface area contributed by atoms with Crippen LogP contribution >= 0.6 is 0 Å². The van der Waals surface area contributed by atoms with Gasteiger partial charge in [-0.15, -0.1) is 0 Å². The second-order valence-electron chi connectivity index (χ2n) is 8.84. The Hall–Kier alpha value is -2.64. The summed E-state index contributed by atoms with van der Waals surface area (Å²) >= 11 is 0. The molecule has 5 rings (SSSR count). The van der Waals surface area contributed by atoms with Crippen molar-refractivity contribution < 1.29 is 0 Å². The highest BCUT2D eigenvalue weighted by Gasteiger charge is 2.22. The molecule has 0 unspecified atom stereocenters. The fourth-order valence-electron chi connectivity index (χ4n) is 4.92. The van der Waals surface area contributed by atoms with Gasteiger partial charge < -0.3 is 14.4 Å². The summed E-state index contributed by atoms with van der Waals surface area (Å²) in [6, 6.07) is 8.64. The van der Waals surface area contributed by atoms with Crippen LogP contribution in [0.15, 0.2) is 35.3 Å². The maximum atomic E-state index is 12.9. The number of nitrogens with zero attached hydrogens (tertiary/aromatic N) is 5. The summed E-state index contributed by atoms with van der Waals surface area (Å²) in [6.07, 6.45) is 3.87. The third kappa shape index (κ3) is 4.00. The highest BCUT2D eigenvalue weighted by Crippen LogP contribution is 2.24. The zero-order chi connectivity index (χ0) is 21.4. The second-order valence-corrected chi connectivity index (χ2v) is 8.84. The minimum atomic E-state index is 0.0448. The normalized spacial score (nSPS) is 18.3. The molecular weight excluding hydrogens is 388 g/mol. The molecule has 7 heteroatoms. The average Bonchev–Trinajstić information content (AvgIpc) is 3.00. The van der Waals surface area contributed by atoms with Crippen LogP contribution in [0.25, 0.3) is 10.9 Å². The van der Waals surface area contributed by atoms with Crippen LogP contribution in [-0.2, 0) is 25.9 Å². The van der Waals surface area contributed by atoms with E-state index in [1.807, 2.05) is 0 Å². The number of piperazine rings is 1. The second kappa shape index (κ2) is 8.48. The van der Waals surface area contributed by atoms with Gasteiger partial charge in [-0.05, 0) is 32.0 Å². The standard InChI is InChI=1S/C24H32N6O/c1-3-29-17-18(19-6-4-5-7-22(19)29)16-28-10-8-20-21(9-11-28)25-24(26-23(20)31)30-14-12-27(2)13-15-30/h4-7,17H,3,8-16H2,1-2H3,(H,25,26,31). The van der Waals surface area contributed by atoms with E-state index in [1.165, 1.54) is 16.5 Å². The maximum absolute atomic E-state index is 12.9. The molecule has 3 aromatic rings. The molecule has 1 saturated heterocycles. The Morgan fingerprint density at radius 2 is 1.81 bits per heavy atom. The summed E-state index contributed by atoms with van der Waals surface area (Å²) in [6.45, 7) is 9.70. The molecule has 0 atom stereocenters. The van der Waals surface area contributed by atoms with E-state index in [4.69, 9.17) is 4.98 Å². The van der Waals surface area contributed by atoms with Crippen molar-refractivity contribution in [2.75, 3.05) is 51.2 Å². The van der Waals surface area contributed by atoms with Gasteiger partial charge in [-0.3, -0.25) is 14.7 Å². The molecule has 4 heterocycles. The summed E-state index contributed by atoms with van der Waals surface area (Å²) in [5.41, 5.74) is 4.56. The first kappa shape index (κ1) is 20.3. The Morgan fingerprint density at radius 3 is 2.61 bits per heavy atom. The van der Waals surface area contributed by atoms with Crippen molar-refractivity contribution in [3.8, 4) is 0 Å². The molecule has 1 aromatic carbocycles. The van der Waals surface area contributed by atoms with E-state index in [-0.39, 0.29) is 5.56 Å². The van der Waals surface area contributed by atoms with E-state index < -0.39 is 0 Å². The number of anilines is 1. The van der Waals surface area contributed by atoms with Crippen molar-refractivity contribution in [2.45, 2.75) is 32.9 Å². The van der Waals surface area contributed by atoms with Crippen molar-refractivity contribution in [3.05, 3.63) is 57.6 Å². The summed E-state index contributed by atoms with van der Waals surface area (Å²) < 4.78 is 2.33. The minimum Gasteiger partial charge on any atom is -0.347 e. The first-order chi connectivity index (χ1) is 15.1. The van der Waals surface area contributed by atoms with E-state index in [9.17, 15) is 4.79 Å². The molecule has 0 spiro atoms. The van der Waals surface area contributed by atoms with E-state index >= 15 is 0 Å². The zero-order valence-electron chi connectivity index (χ0n) is 18.6. The van der Waals surface area contributed by atoms with E-state index in [1.54, 1.807) is 0 Å². The summed E-state index contributed by atoms with van der Waals surface area (Å²) in [4.78, 5) is 27.8. The number of hydrogen-bond acceptors (Lipinski definition) is 5. The Morgan fingerprint density at radius 1 is 1.03 bits per heavy atom. The van der Waals surface area contributed by atoms with Crippen molar-refractivity contribution in [3.63, 3.8) is 0 Å². The van der Waals surface area contributed by atoms with E-state index in [2.05, 4.69) is 68.7 Å². The third-order valence-electron chi connectivity index (χ3n) is 6.84. The Labute approximate surface area is 183 Å². The van der Waals surface area contributed by atoms with Gasteiger partial charge in [-0.2, -0.15) is 0 Å². The molecule has 0 saturated carbocycles. The van der Waals surface area contributed by atoms with Gasteiger partial charge >= 0.3 is 0 Å². The maximum Gasteiger partial charge on any atom is 0.255 e. The van der Waals surface area contributed by atoms with Crippen LogP contribution in [0.5, 0.6) is 0 Å². The number of fused-ring (bicyclic) bond motifs is 2. The molecule has 31 heavy (non-hydrogen) atoms. The summed E-state index contributed by atoms with van der Waals surface area (Å²) in [7, 11) is 2.14. The van der Waals surface area contributed by atoms with Crippen LogP contribution in [0, 0.1) is 0 Å². The summed E-state index contributed by atoms with van der Waals surface area (Å²) in [5.74, 6) is 0.747. The van der Waals surface area contributed by atoms with Gasteiger partial charge in [0.25, 0.3) is 5.56 Å². The fourth-order valence-corrected chi connectivity index (χ4v) is 4.92. The van der Waals surface area contributed by atoms with E-state index in [0.717, 1.165) is 82.4 Å². The van der Waals surface area contributed by atoms with Gasteiger partial charge in [0.1, 0.15) is 0 Å². The number of aryl methyl sites for hydroxylation is 1.